The molecule has 4 nitrogen and oxygen atoms in total. The van der Waals surface area contributed by atoms with E-state index in [1.165, 1.54) is 0 Å². The predicted molar refractivity (Wildman–Crippen MR) is 82.0 cm³/mol. The first-order chi connectivity index (χ1) is 9.08. The molecule has 1 rings (SSSR count). The van der Waals surface area contributed by atoms with Crippen LogP contribution in [-0.4, -0.2) is 42.2 Å². The molecule has 0 unspecified atom stereocenters. The molecule has 0 bridgehead atoms. The summed E-state index contributed by atoms with van der Waals surface area (Å²) in [7, 11) is 0. The van der Waals surface area contributed by atoms with Crippen LogP contribution in [0.4, 0.5) is 5.69 Å². The van der Waals surface area contributed by atoms with Gasteiger partial charge in [0.05, 0.1) is 5.56 Å². The number of carboxylic acids is 1. The zero-order valence-electron chi connectivity index (χ0n) is 11.4. The number of halogens is 1. The average molecular weight is 329 g/mol. The van der Waals surface area contributed by atoms with Gasteiger partial charge in [-0.15, -0.1) is 0 Å². The van der Waals surface area contributed by atoms with Gasteiger partial charge in [-0.2, -0.15) is 0 Å². The van der Waals surface area contributed by atoms with Crippen LogP contribution in [-0.2, 0) is 0 Å². The molecule has 0 fully saturated rings. The minimum Gasteiger partial charge on any atom is -0.478 e. The first-order valence-electron chi connectivity index (χ1n) is 6.57. The van der Waals surface area contributed by atoms with Gasteiger partial charge < -0.3 is 15.3 Å². The number of hydrogen-bond donors (Lipinski definition) is 2. The minimum atomic E-state index is -0.909. The lowest BCUT2D eigenvalue weighted by atomic mass is 10.2. The van der Waals surface area contributed by atoms with Gasteiger partial charge in [-0.1, -0.05) is 13.8 Å². The summed E-state index contributed by atoms with van der Waals surface area (Å²) >= 11 is 3.39. The van der Waals surface area contributed by atoms with Gasteiger partial charge in [-0.25, -0.2) is 4.79 Å². The third kappa shape index (κ3) is 5.20. The molecule has 0 heterocycles. The van der Waals surface area contributed by atoms with Crippen molar-refractivity contribution >= 4 is 27.6 Å². The van der Waals surface area contributed by atoms with Crippen LogP contribution < -0.4 is 5.32 Å². The smallest absolute Gasteiger partial charge is 0.335 e. The highest BCUT2D eigenvalue weighted by molar-refractivity contribution is 9.10. The molecule has 0 aromatic heterocycles. The number of benzene rings is 1. The van der Waals surface area contributed by atoms with E-state index in [-0.39, 0.29) is 0 Å². The predicted octanol–water partition coefficient (Wildman–Crippen LogP) is 3.29. The van der Waals surface area contributed by atoms with Crippen molar-refractivity contribution in [2.24, 2.45) is 0 Å². The Bertz CT molecular complexity index is 420. The molecule has 5 heteroatoms. The van der Waals surface area contributed by atoms with E-state index in [9.17, 15) is 4.79 Å². The van der Waals surface area contributed by atoms with Gasteiger partial charge >= 0.3 is 5.97 Å². The van der Waals surface area contributed by atoms with Crippen LogP contribution in [0.5, 0.6) is 0 Å². The molecule has 1 aromatic carbocycles. The van der Waals surface area contributed by atoms with Crippen LogP contribution in [0.25, 0.3) is 0 Å². The standard InChI is InChI=1S/C14H21BrN2O2/c1-3-17(4-2)9-5-8-16-13-7-6-11(14(18)19)10-12(13)15/h6-7,10,16H,3-5,8-9H2,1-2H3,(H,18,19). The quantitative estimate of drug-likeness (QED) is 0.719. The summed E-state index contributed by atoms with van der Waals surface area (Å²) in [5, 5.41) is 12.2. The lowest BCUT2D eigenvalue weighted by Gasteiger charge is -2.18. The van der Waals surface area contributed by atoms with Gasteiger partial charge in [0.1, 0.15) is 0 Å². The number of nitrogens with zero attached hydrogens (tertiary/aromatic N) is 1. The second kappa shape index (κ2) is 8.17. The third-order valence-electron chi connectivity index (χ3n) is 3.08. The SMILES string of the molecule is CCN(CC)CCCNc1ccc(C(=O)O)cc1Br. The van der Waals surface area contributed by atoms with E-state index in [1.54, 1.807) is 18.2 Å². The lowest BCUT2D eigenvalue weighted by molar-refractivity contribution is 0.0697. The van der Waals surface area contributed by atoms with Gasteiger partial charge in [-0.3, -0.25) is 0 Å². The molecular formula is C14H21BrN2O2. The molecular weight excluding hydrogens is 308 g/mol. The van der Waals surface area contributed by atoms with E-state index >= 15 is 0 Å². The molecule has 0 spiro atoms. The van der Waals surface area contributed by atoms with Crippen molar-refractivity contribution < 1.29 is 9.90 Å². The highest BCUT2D eigenvalue weighted by Gasteiger charge is 2.06. The molecule has 0 aliphatic carbocycles. The van der Waals surface area contributed by atoms with Crippen LogP contribution in [0.3, 0.4) is 0 Å². The van der Waals surface area contributed by atoms with Crippen molar-refractivity contribution in [3.8, 4) is 0 Å². The molecule has 0 aliphatic heterocycles. The summed E-state index contributed by atoms with van der Waals surface area (Å²) < 4.78 is 0.787. The Kier molecular flexibility index (Phi) is 6.87. The van der Waals surface area contributed by atoms with Gasteiger partial charge in [-0.05, 0) is 60.2 Å². The Morgan fingerprint density at radius 1 is 1.37 bits per heavy atom. The summed E-state index contributed by atoms with van der Waals surface area (Å²) in [4.78, 5) is 13.2. The maximum absolute atomic E-state index is 10.8. The van der Waals surface area contributed by atoms with E-state index in [1.807, 2.05) is 0 Å². The van der Waals surface area contributed by atoms with Crippen LogP contribution >= 0.6 is 15.9 Å². The number of aromatic carboxylic acids is 1. The molecule has 2 N–H and O–H groups in total. The first kappa shape index (κ1) is 16.0. The van der Waals surface area contributed by atoms with Crippen molar-refractivity contribution in [3.63, 3.8) is 0 Å². The molecule has 0 aliphatic rings. The molecule has 0 radical (unpaired) electrons. The average Bonchev–Trinajstić information content (AvgIpc) is 2.40. The van der Waals surface area contributed by atoms with Crippen molar-refractivity contribution in [3.05, 3.63) is 28.2 Å². The summed E-state index contributed by atoms with van der Waals surface area (Å²) in [5.41, 5.74) is 1.23. The Balaban J connectivity index is 2.43. The number of carbonyl (C=O) groups is 1. The summed E-state index contributed by atoms with van der Waals surface area (Å²) in [5.74, 6) is -0.909. The number of nitrogens with one attached hydrogen (secondary N) is 1. The third-order valence-corrected chi connectivity index (χ3v) is 3.73. The van der Waals surface area contributed by atoms with Crippen LogP contribution in [0.1, 0.15) is 30.6 Å². The minimum absolute atomic E-state index is 0.292. The maximum Gasteiger partial charge on any atom is 0.335 e. The largest absolute Gasteiger partial charge is 0.478 e. The zero-order chi connectivity index (χ0) is 14.3. The fraction of sp³-hybridized carbons (Fsp3) is 0.500. The van der Waals surface area contributed by atoms with Crippen molar-refractivity contribution in [1.29, 1.82) is 0 Å². The van der Waals surface area contributed by atoms with Gasteiger partial charge in [0.25, 0.3) is 0 Å². The fourth-order valence-electron chi connectivity index (χ4n) is 1.86. The number of anilines is 1. The summed E-state index contributed by atoms with van der Waals surface area (Å²) in [6, 6.07) is 5.03. The van der Waals surface area contributed by atoms with E-state index in [0.29, 0.717) is 5.56 Å². The molecule has 0 saturated carbocycles. The molecule has 19 heavy (non-hydrogen) atoms. The first-order valence-corrected chi connectivity index (χ1v) is 7.36. The zero-order valence-corrected chi connectivity index (χ0v) is 13.0. The van der Waals surface area contributed by atoms with Crippen molar-refractivity contribution in [2.75, 3.05) is 31.5 Å². The maximum atomic E-state index is 10.8. The Morgan fingerprint density at radius 3 is 2.58 bits per heavy atom. The summed E-state index contributed by atoms with van der Waals surface area (Å²) in [6.07, 6.45) is 1.06. The highest BCUT2D eigenvalue weighted by Crippen LogP contribution is 2.23. The van der Waals surface area contributed by atoms with Gasteiger partial charge in [0, 0.05) is 16.7 Å². The Labute approximate surface area is 122 Å². The Hall–Kier alpha value is -1.07. The van der Waals surface area contributed by atoms with Crippen molar-refractivity contribution in [1.82, 2.24) is 4.90 Å². The van der Waals surface area contributed by atoms with Gasteiger partial charge in [0.2, 0.25) is 0 Å². The second-order valence-corrected chi connectivity index (χ2v) is 5.16. The van der Waals surface area contributed by atoms with Crippen molar-refractivity contribution in [2.45, 2.75) is 20.3 Å². The van der Waals surface area contributed by atoms with E-state index in [2.05, 4.69) is 40.0 Å². The molecule has 0 amide bonds. The van der Waals surface area contributed by atoms with Crippen LogP contribution in [0.15, 0.2) is 22.7 Å². The number of rotatable bonds is 8. The molecule has 0 atom stereocenters. The van der Waals surface area contributed by atoms with Crippen LogP contribution in [0.2, 0.25) is 0 Å². The molecule has 1 aromatic rings. The normalized spacial score (nSPS) is 10.7. The van der Waals surface area contributed by atoms with E-state index in [4.69, 9.17) is 5.11 Å². The molecule has 0 saturated heterocycles. The van der Waals surface area contributed by atoms with Gasteiger partial charge in [0.15, 0.2) is 0 Å². The fourth-order valence-corrected chi connectivity index (χ4v) is 2.38. The second-order valence-electron chi connectivity index (χ2n) is 4.31. The Morgan fingerprint density at radius 2 is 2.05 bits per heavy atom. The number of carboxylic acid groups (broad SMARTS) is 1. The lowest BCUT2D eigenvalue weighted by Crippen LogP contribution is -2.25. The molecule has 106 valence electrons. The topological polar surface area (TPSA) is 52.6 Å². The van der Waals surface area contributed by atoms with E-state index < -0.39 is 5.97 Å². The monoisotopic (exact) mass is 328 g/mol. The highest BCUT2D eigenvalue weighted by atomic mass is 79.9. The summed E-state index contributed by atoms with van der Waals surface area (Å²) in [6.45, 7) is 8.43. The number of hydrogen-bond acceptors (Lipinski definition) is 3. The van der Waals surface area contributed by atoms with E-state index in [0.717, 1.165) is 42.8 Å². The van der Waals surface area contributed by atoms with Crippen LogP contribution in [0, 0.1) is 0 Å².